The molecular formula is C20H29N2O5. The van der Waals surface area contributed by atoms with E-state index in [1.165, 1.54) is 12.2 Å². The van der Waals surface area contributed by atoms with Gasteiger partial charge in [-0.1, -0.05) is 44.1 Å². The Balaban J connectivity index is 4.54. The van der Waals surface area contributed by atoms with E-state index in [-0.39, 0.29) is 24.2 Å². The van der Waals surface area contributed by atoms with E-state index < -0.39 is 9.85 Å². The van der Waals surface area contributed by atoms with Crippen LogP contribution in [0.4, 0.5) is 0 Å². The zero-order chi connectivity index (χ0) is 20.3. The van der Waals surface area contributed by atoms with Crippen molar-refractivity contribution in [3.63, 3.8) is 0 Å². The Morgan fingerprint density at radius 3 is 2.11 bits per heavy atom. The topological polar surface area (TPSA) is 103 Å². The highest BCUT2D eigenvalue weighted by Crippen LogP contribution is 2.13. The molecular weight excluding hydrogens is 348 g/mol. The Hall–Kier alpha value is -2.57. The molecule has 0 saturated heterocycles. The van der Waals surface area contributed by atoms with E-state index in [4.69, 9.17) is 0 Å². The maximum absolute atomic E-state index is 11.1. The standard InChI is InChI=1S/C20H29N2O5/c1-2-3-4-5-7-10-14-19(21(24)25)16-13-17-20(22(26)27)15-11-8-6-9-12-18-23/h3-4,7,10,16-17H,2,5-6,8-9,11-15H2,1H3/b4-3-,10-7-,19-16+,20-17+. The van der Waals surface area contributed by atoms with Crippen molar-refractivity contribution < 1.29 is 14.6 Å². The van der Waals surface area contributed by atoms with E-state index in [2.05, 4.69) is 0 Å². The Labute approximate surface area is 160 Å². The molecule has 0 rings (SSSR count). The summed E-state index contributed by atoms with van der Waals surface area (Å²) in [4.78, 5) is 31.4. The van der Waals surface area contributed by atoms with Crippen LogP contribution < -0.4 is 0 Å². The van der Waals surface area contributed by atoms with Crippen molar-refractivity contribution in [3.8, 4) is 0 Å². The highest BCUT2D eigenvalue weighted by atomic mass is 16.6. The molecule has 149 valence electrons. The first kappa shape index (κ1) is 24.4. The molecule has 0 amide bonds. The van der Waals surface area contributed by atoms with Crippen molar-refractivity contribution in [3.05, 3.63) is 68.1 Å². The van der Waals surface area contributed by atoms with Crippen LogP contribution in [0, 0.1) is 20.2 Å². The molecule has 0 N–H and O–H groups in total. The maximum atomic E-state index is 11.1. The maximum Gasteiger partial charge on any atom is 0.246 e. The van der Waals surface area contributed by atoms with Crippen molar-refractivity contribution in [1.29, 1.82) is 0 Å². The van der Waals surface area contributed by atoms with Gasteiger partial charge in [-0.25, -0.2) is 0 Å². The van der Waals surface area contributed by atoms with Gasteiger partial charge >= 0.3 is 0 Å². The second-order valence-corrected chi connectivity index (χ2v) is 5.99. The molecule has 7 nitrogen and oxygen atoms in total. The van der Waals surface area contributed by atoms with Gasteiger partial charge in [-0.2, -0.15) is 0 Å². The van der Waals surface area contributed by atoms with E-state index in [9.17, 15) is 25.0 Å². The Morgan fingerprint density at radius 1 is 0.852 bits per heavy atom. The summed E-state index contributed by atoms with van der Waals surface area (Å²) >= 11 is 0. The lowest BCUT2D eigenvalue weighted by Gasteiger charge is -1.99. The number of allylic oxidation sites excluding steroid dienone is 7. The van der Waals surface area contributed by atoms with Gasteiger partial charge in [-0.05, 0) is 44.3 Å². The van der Waals surface area contributed by atoms with Crippen LogP contribution in [0.2, 0.25) is 0 Å². The summed E-state index contributed by atoms with van der Waals surface area (Å²) in [6.45, 7) is 2.03. The van der Waals surface area contributed by atoms with Crippen molar-refractivity contribution in [2.45, 2.75) is 71.1 Å². The molecule has 0 aliphatic heterocycles. The van der Waals surface area contributed by atoms with Gasteiger partial charge in [0.1, 0.15) is 0 Å². The van der Waals surface area contributed by atoms with Crippen LogP contribution >= 0.6 is 0 Å². The lowest BCUT2D eigenvalue weighted by molar-refractivity contribution is -0.428. The molecule has 0 saturated carbocycles. The fourth-order valence-electron chi connectivity index (χ4n) is 2.33. The van der Waals surface area contributed by atoms with Crippen LogP contribution in [-0.2, 0) is 4.79 Å². The summed E-state index contributed by atoms with van der Waals surface area (Å²) in [5.74, 6) is 0. The van der Waals surface area contributed by atoms with Gasteiger partial charge in [0.25, 0.3) is 0 Å². The van der Waals surface area contributed by atoms with Crippen LogP contribution in [0.3, 0.4) is 0 Å². The van der Waals surface area contributed by atoms with Gasteiger partial charge in [0.05, 0.1) is 16.3 Å². The van der Waals surface area contributed by atoms with Gasteiger partial charge in [0, 0.05) is 12.8 Å². The van der Waals surface area contributed by atoms with Gasteiger partial charge in [0.15, 0.2) is 6.29 Å². The van der Waals surface area contributed by atoms with E-state index in [0.717, 1.165) is 32.1 Å². The molecule has 0 heterocycles. The lowest BCUT2D eigenvalue weighted by atomic mass is 10.1. The van der Waals surface area contributed by atoms with Gasteiger partial charge in [-0.15, -0.1) is 0 Å². The number of hydrogen-bond acceptors (Lipinski definition) is 5. The first-order valence-electron chi connectivity index (χ1n) is 9.34. The summed E-state index contributed by atoms with van der Waals surface area (Å²) in [7, 11) is 0. The minimum absolute atomic E-state index is 0.0368. The highest BCUT2D eigenvalue weighted by Gasteiger charge is 2.11. The third-order valence-electron chi connectivity index (χ3n) is 3.81. The van der Waals surface area contributed by atoms with Crippen LogP contribution in [0.1, 0.15) is 71.1 Å². The molecule has 1 radical (unpaired) electrons. The summed E-state index contributed by atoms with van der Waals surface area (Å²) in [5, 5.41) is 22.2. The predicted molar refractivity (Wildman–Crippen MR) is 106 cm³/mol. The normalized spacial score (nSPS) is 12.8. The van der Waals surface area contributed by atoms with Crippen molar-refractivity contribution in [2.24, 2.45) is 0 Å². The van der Waals surface area contributed by atoms with Crippen molar-refractivity contribution >= 4 is 6.29 Å². The fraction of sp³-hybridized carbons (Fsp3) is 0.550. The Kier molecular flexibility index (Phi) is 15.3. The number of unbranched alkanes of at least 4 members (excludes halogenated alkanes) is 4. The lowest BCUT2D eigenvalue weighted by Crippen LogP contribution is -2.00. The van der Waals surface area contributed by atoms with E-state index in [1.54, 1.807) is 6.08 Å². The highest BCUT2D eigenvalue weighted by molar-refractivity contribution is 5.50. The molecule has 0 aromatic carbocycles. The smallest absolute Gasteiger partial charge is 0.246 e. The molecule has 0 unspecified atom stereocenters. The second-order valence-electron chi connectivity index (χ2n) is 5.99. The van der Waals surface area contributed by atoms with Crippen molar-refractivity contribution in [1.82, 2.24) is 0 Å². The molecule has 27 heavy (non-hydrogen) atoms. The molecule has 0 bridgehead atoms. The summed E-state index contributed by atoms with van der Waals surface area (Å²) in [5.41, 5.74) is 0.117. The molecule has 7 heteroatoms. The van der Waals surface area contributed by atoms with E-state index in [1.807, 2.05) is 31.4 Å². The Bertz CT molecular complexity index is 577. The first-order valence-corrected chi connectivity index (χ1v) is 9.34. The minimum Gasteiger partial charge on any atom is -0.291 e. The molecule has 0 aliphatic carbocycles. The molecule has 0 atom stereocenters. The summed E-state index contributed by atoms with van der Waals surface area (Å²) < 4.78 is 0. The third-order valence-corrected chi connectivity index (χ3v) is 3.81. The number of carbonyl (C=O) groups excluding carboxylic acids is 1. The summed E-state index contributed by atoms with van der Waals surface area (Å²) in [6.07, 6.45) is 18.1. The van der Waals surface area contributed by atoms with Crippen LogP contribution in [0.15, 0.2) is 47.9 Å². The first-order chi connectivity index (χ1) is 13.0. The fourth-order valence-corrected chi connectivity index (χ4v) is 2.33. The molecule has 0 aromatic heterocycles. The molecule has 0 aromatic rings. The monoisotopic (exact) mass is 377 g/mol. The number of nitro groups is 2. The molecule has 0 spiro atoms. The average molecular weight is 377 g/mol. The zero-order valence-corrected chi connectivity index (χ0v) is 16.0. The van der Waals surface area contributed by atoms with E-state index >= 15 is 0 Å². The van der Waals surface area contributed by atoms with Crippen LogP contribution in [0.5, 0.6) is 0 Å². The quantitative estimate of drug-likeness (QED) is 0.154. The number of rotatable bonds is 16. The number of hydrogen-bond donors (Lipinski definition) is 0. The van der Waals surface area contributed by atoms with Gasteiger partial charge < -0.3 is 0 Å². The minimum atomic E-state index is -0.448. The van der Waals surface area contributed by atoms with Gasteiger partial charge in [0.2, 0.25) is 11.4 Å². The van der Waals surface area contributed by atoms with Gasteiger partial charge in [-0.3, -0.25) is 25.0 Å². The van der Waals surface area contributed by atoms with Crippen LogP contribution in [-0.4, -0.2) is 16.1 Å². The molecule has 0 fully saturated rings. The predicted octanol–water partition coefficient (Wildman–Crippen LogP) is 5.45. The van der Waals surface area contributed by atoms with Crippen molar-refractivity contribution in [2.75, 3.05) is 0 Å². The van der Waals surface area contributed by atoms with Crippen LogP contribution in [0.25, 0.3) is 0 Å². The largest absolute Gasteiger partial charge is 0.291 e. The second kappa shape index (κ2) is 16.9. The third kappa shape index (κ3) is 14.3. The number of nitrogens with zero attached hydrogens (tertiary/aromatic N) is 2. The SMILES string of the molecule is CC/C=C\C/C=C\C/C(=C\C/C=C(\CCCCCC[C]=O)[N+](=O)[O-])[N+](=O)[O-]. The average Bonchev–Trinajstić information content (AvgIpc) is 2.63. The zero-order valence-electron chi connectivity index (χ0n) is 16.0. The van der Waals surface area contributed by atoms with E-state index in [0.29, 0.717) is 19.3 Å². The Morgan fingerprint density at radius 2 is 1.48 bits per heavy atom. The summed E-state index contributed by atoms with van der Waals surface area (Å²) in [6, 6.07) is 0. The molecule has 0 aliphatic rings.